The van der Waals surface area contributed by atoms with Gasteiger partial charge in [-0.05, 0) is 24.3 Å². The smallest absolute Gasteiger partial charge is 0.222 e. The molecule has 3 unspecified atom stereocenters. The Labute approximate surface area is 103 Å². The lowest BCUT2D eigenvalue weighted by molar-refractivity contribution is -0.142. The van der Waals surface area contributed by atoms with Crippen molar-refractivity contribution in [2.75, 3.05) is 13.2 Å². The number of hydrogen-bond donors (Lipinski definition) is 0. The highest BCUT2D eigenvalue weighted by molar-refractivity contribution is 5.94. The van der Waals surface area contributed by atoms with Gasteiger partial charge in [-0.1, -0.05) is 0 Å². The van der Waals surface area contributed by atoms with E-state index in [0.717, 1.165) is 0 Å². The topological polar surface area (TPSA) is 71.1 Å². The Morgan fingerprint density at radius 2 is 1.28 bits per heavy atom. The Bertz CT molecular complexity index is 386. The molecular formula is C12H12O6. The first-order valence-electron chi connectivity index (χ1n) is 5.70. The summed E-state index contributed by atoms with van der Waals surface area (Å²) in [4.78, 5) is 21.4. The molecule has 4 aliphatic heterocycles. The van der Waals surface area contributed by atoms with Gasteiger partial charge in [0, 0.05) is 0 Å². The van der Waals surface area contributed by atoms with Crippen LogP contribution in [-0.2, 0) is 28.5 Å². The molecule has 2 fully saturated rings. The molecule has 0 amide bonds. The quantitative estimate of drug-likeness (QED) is 0.591. The second-order valence-corrected chi connectivity index (χ2v) is 4.20. The summed E-state index contributed by atoms with van der Waals surface area (Å²) in [5.74, 6) is -0.160. The maximum absolute atomic E-state index is 10.7. The van der Waals surface area contributed by atoms with Gasteiger partial charge in [0.2, 0.25) is 24.1 Å². The van der Waals surface area contributed by atoms with E-state index in [2.05, 4.69) is 0 Å². The van der Waals surface area contributed by atoms with Crippen LogP contribution >= 0.6 is 0 Å². The van der Waals surface area contributed by atoms with Gasteiger partial charge in [0.05, 0.1) is 13.2 Å². The lowest BCUT2D eigenvalue weighted by atomic mass is 10.2. The number of ketones is 2. The summed E-state index contributed by atoms with van der Waals surface area (Å²) in [7, 11) is 0. The fourth-order valence-corrected chi connectivity index (χ4v) is 1.90. The van der Waals surface area contributed by atoms with Crippen molar-refractivity contribution in [2.45, 2.75) is 24.8 Å². The summed E-state index contributed by atoms with van der Waals surface area (Å²) in [5, 5.41) is 0. The van der Waals surface area contributed by atoms with E-state index in [4.69, 9.17) is 18.9 Å². The van der Waals surface area contributed by atoms with Gasteiger partial charge < -0.3 is 18.9 Å². The Balaban J connectivity index is 0.000000111. The molecule has 0 aromatic rings. The molecule has 4 rings (SSSR count). The van der Waals surface area contributed by atoms with Crippen LogP contribution in [0.1, 0.15) is 0 Å². The zero-order chi connectivity index (χ0) is 12.5. The van der Waals surface area contributed by atoms with Gasteiger partial charge in [0.25, 0.3) is 0 Å². The summed E-state index contributed by atoms with van der Waals surface area (Å²) in [6.07, 6.45) is 5.34. The van der Waals surface area contributed by atoms with Crippen molar-refractivity contribution in [3.8, 4) is 0 Å². The first kappa shape index (κ1) is 11.7. The van der Waals surface area contributed by atoms with E-state index in [9.17, 15) is 9.59 Å². The van der Waals surface area contributed by atoms with Gasteiger partial charge in [-0.25, -0.2) is 0 Å². The number of carbonyl (C=O) groups is 2. The van der Waals surface area contributed by atoms with E-state index in [1.807, 2.05) is 0 Å². The molecule has 4 atom stereocenters. The molecule has 0 saturated carbocycles. The maximum atomic E-state index is 10.7. The average molecular weight is 252 g/mol. The van der Waals surface area contributed by atoms with Gasteiger partial charge >= 0.3 is 0 Å². The summed E-state index contributed by atoms with van der Waals surface area (Å²) >= 11 is 0. The zero-order valence-electron chi connectivity index (χ0n) is 9.48. The van der Waals surface area contributed by atoms with Crippen LogP contribution in [-0.4, -0.2) is 49.6 Å². The van der Waals surface area contributed by atoms with Crippen molar-refractivity contribution in [3.05, 3.63) is 24.3 Å². The first-order valence-corrected chi connectivity index (χ1v) is 5.70. The molecule has 6 nitrogen and oxygen atoms in total. The second kappa shape index (κ2) is 4.74. The Hall–Kier alpha value is -1.34. The Kier molecular flexibility index (Phi) is 3.09. The second-order valence-electron chi connectivity index (χ2n) is 4.20. The van der Waals surface area contributed by atoms with Gasteiger partial charge in [-0.3, -0.25) is 9.59 Å². The molecule has 0 aliphatic carbocycles. The van der Waals surface area contributed by atoms with E-state index < -0.39 is 12.6 Å². The molecule has 0 N–H and O–H groups in total. The minimum atomic E-state index is -0.597. The Morgan fingerprint density at radius 1 is 0.833 bits per heavy atom. The lowest BCUT2D eigenvalue weighted by Crippen LogP contribution is -2.23. The fraction of sp³-hybridized carbons (Fsp3) is 0.500. The highest BCUT2D eigenvalue weighted by atomic mass is 16.7. The van der Waals surface area contributed by atoms with Crippen LogP contribution in [0.3, 0.4) is 0 Å². The largest absolute Gasteiger partial charge is 0.343 e. The predicted octanol–water partition coefficient (Wildman–Crippen LogP) is -0.266. The third kappa shape index (κ3) is 2.28. The van der Waals surface area contributed by atoms with Crippen molar-refractivity contribution in [2.24, 2.45) is 0 Å². The predicted molar refractivity (Wildman–Crippen MR) is 57.5 cm³/mol. The Morgan fingerprint density at radius 3 is 1.67 bits per heavy atom. The van der Waals surface area contributed by atoms with E-state index in [0.29, 0.717) is 13.2 Å². The first-order chi connectivity index (χ1) is 8.72. The molecule has 2 saturated heterocycles. The molecule has 4 heterocycles. The van der Waals surface area contributed by atoms with Crippen LogP contribution in [0, 0.1) is 0 Å². The van der Waals surface area contributed by atoms with Crippen molar-refractivity contribution in [1.29, 1.82) is 0 Å². The van der Waals surface area contributed by atoms with Crippen molar-refractivity contribution in [1.82, 2.24) is 0 Å². The molecular weight excluding hydrogens is 240 g/mol. The number of fused-ring (bicyclic) bond motifs is 4. The van der Waals surface area contributed by atoms with Crippen molar-refractivity contribution >= 4 is 11.6 Å². The number of carbonyl (C=O) groups excluding carboxylic acids is 2. The summed E-state index contributed by atoms with van der Waals surface area (Å²) in [5.41, 5.74) is 0. The van der Waals surface area contributed by atoms with Gasteiger partial charge in [-0.2, -0.15) is 0 Å². The highest BCUT2D eigenvalue weighted by Gasteiger charge is 2.33. The molecule has 0 spiro atoms. The van der Waals surface area contributed by atoms with Crippen molar-refractivity contribution < 1.29 is 28.5 Å². The third-order valence-electron chi connectivity index (χ3n) is 2.84. The normalized spacial score (nSPS) is 39.8. The third-order valence-corrected chi connectivity index (χ3v) is 2.84. The van der Waals surface area contributed by atoms with E-state index in [1.54, 1.807) is 12.2 Å². The molecule has 4 bridgehead atoms. The summed E-state index contributed by atoms with van der Waals surface area (Å²) in [6, 6.07) is 0. The number of ether oxygens (including phenoxy) is 4. The molecule has 18 heavy (non-hydrogen) atoms. The van der Waals surface area contributed by atoms with Crippen LogP contribution in [0.5, 0.6) is 0 Å². The van der Waals surface area contributed by atoms with Crippen LogP contribution in [0.4, 0.5) is 0 Å². The van der Waals surface area contributed by atoms with Gasteiger partial charge in [0.1, 0.15) is 12.2 Å². The van der Waals surface area contributed by atoms with Crippen molar-refractivity contribution in [3.63, 3.8) is 0 Å². The van der Waals surface area contributed by atoms with E-state index >= 15 is 0 Å². The fourth-order valence-electron chi connectivity index (χ4n) is 1.90. The molecule has 0 aromatic carbocycles. The lowest BCUT2D eigenvalue weighted by Gasteiger charge is -2.09. The molecule has 96 valence electrons. The van der Waals surface area contributed by atoms with Crippen LogP contribution in [0.15, 0.2) is 24.3 Å². The number of rotatable bonds is 0. The standard InChI is InChI=1S/2C6H6O3/c2*7-5-2-1-4-3-8-6(5)9-4/h2*1-2,4,6H,3H2/t4-,6?;/m1./s1. The monoisotopic (exact) mass is 252 g/mol. The molecule has 4 aliphatic rings. The van der Waals surface area contributed by atoms with Crippen LogP contribution < -0.4 is 0 Å². The maximum Gasteiger partial charge on any atom is 0.222 e. The van der Waals surface area contributed by atoms with Gasteiger partial charge in [-0.15, -0.1) is 0 Å². The average Bonchev–Trinajstić information content (AvgIpc) is 2.97. The SMILES string of the molecule is O=C1C=CC2COC1O2.O=C1C=C[C@@H]2COC1O2. The van der Waals surface area contributed by atoms with Crippen LogP contribution in [0.25, 0.3) is 0 Å². The van der Waals surface area contributed by atoms with Crippen LogP contribution in [0.2, 0.25) is 0 Å². The minimum absolute atomic E-state index is 0.0210. The zero-order valence-corrected chi connectivity index (χ0v) is 9.48. The van der Waals surface area contributed by atoms with E-state index in [-0.39, 0.29) is 23.8 Å². The molecule has 6 heteroatoms. The molecule has 0 aromatic heterocycles. The molecule has 0 radical (unpaired) electrons. The van der Waals surface area contributed by atoms with Gasteiger partial charge in [0.15, 0.2) is 0 Å². The highest BCUT2D eigenvalue weighted by Crippen LogP contribution is 2.18. The minimum Gasteiger partial charge on any atom is -0.343 e. The van der Waals surface area contributed by atoms with E-state index in [1.165, 1.54) is 12.2 Å². The number of hydrogen-bond acceptors (Lipinski definition) is 6. The summed E-state index contributed by atoms with van der Waals surface area (Å²) in [6.45, 7) is 1.04. The summed E-state index contributed by atoms with van der Waals surface area (Å²) < 4.78 is 20.0.